The van der Waals surface area contributed by atoms with E-state index in [9.17, 15) is 13.2 Å². The van der Waals surface area contributed by atoms with Gasteiger partial charge >= 0.3 is 0 Å². The van der Waals surface area contributed by atoms with Gasteiger partial charge in [0, 0.05) is 18.8 Å². The van der Waals surface area contributed by atoms with Crippen molar-refractivity contribution < 1.29 is 17.9 Å². The van der Waals surface area contributed by atoms with Crippen molar-refractivity contribution in [2.24, 2.45) is 0 Å². The van der Waals surface area contributed by atoms with Crippen molar-refractivity contribution in [1.82, 2.24) is 30.0 Å². The molecule has 268 valence electrons. The van der Waals surface area contributed by atoms with Crippen LogP contribution in [0.1, 0.15) is 82.5 Å². The molecule has 12 nitrogen and oxygen atoms in total. The van der Waals surface area contributed by atoms with Gasteiger partial charge in [0.05, 0.1) is 39.6 Å². The maximum Gasteiger partial charge on any atom is 0.236 e. The Morgan fingerprint density at radius 1 is 0.960 bits per heavy atom. The van der Waals surface area contributed by atoms with Gasteiger partial charge in [-0.2, -0.15) is 15.1 Å². The molecular formula is C37H50N8O4S. The number of para-hydroxylation sites is 1. The minimum Gasteiger partial charge on any atom is -0.489 e. The SMILES string of the molecule is Cc1cc(Nc2nc(Nc3ccccc3S(=O)(=O)C(C)C)c3c(C)[nH]nc3n2)c(OC(C)C)cc1C1CCN(C(=O)CN2CCCCC2)CC1. The number of carbonyl (C=O) groups excluding carboxylic acids is 1. The second kappa shape index (κ2) is 14.9. The summed E-state index contributed by atoms with van der Waals surface area (Å²) < 4.78 is 32.8. The minimum atomic E-state index is -3.57. The van der Waals surface area contributed by atoms with Crippen LogP contribution in [0.3, 0.4) is 0 Å². The van der Waals surface area contributed by atoms with Gasteiger partial charge in [-0.3, -0.25) is 14.8 Å². The fraction of sp³-hybridized carbons (Fsp3) is 0.514. The van der Waals surface area contributed by atoms with E-state index in [-0.39, 0.29) is 22.9 Å². The molecule has 0 radical (unpaired) electrons. The molecule has 6 rings (SSSR count). The Morgan fingerprint density at radius 2 is 1.68 bits per heavy atom. The van der Waals surface area contributed by atoms with Gasteiger partial charge in [-0.15, -0.1) is 0 Å². The van der Waals surface area contributed by atoms with E-state index in [1.807, 2.05) is 25.7 Å². The summed E-state index contributed by atoms with van der Waals surface area (Å²) in [4.78, 5) is 27.1. The van der Waals surface area contributed by atoms with Gasteiger partial charge in [-0.1, -0.05) is 18.6 Å². The van der Waals surface area contributed by atoms with E-state index in [1.54, 1.807) is 38.1 Å². The Kier molecular flexibility index (Phi) is 10.6. The lowest BCUT2D eigenvalue weighted by Crippen LogP contribution is -2.45. The molecule has 2 aromatic carbocycles. The van der Waals surface area contributed by atoms with Gasteiger partial charge in [-0.25, -0.2) is 8.42 Å². The third-order valence-electron chi connectivity index (χ3n) is 9.73. The largest absolute Gasteiger partial charge is 0.489 e. The molecule has 0 aliphatic carbocycles. The van der Waals surface area contributed by atoms with E-state index in [2.05, 4.69) is 44.8 Å². The first-order chi connectivity index (χ1) is 23.9. The number of anilines is 4. The first kappa shape index (κ1) is 35.6. The van der Waals surface area contributed by atoms with Crippen LogP contribution in [0.15, 0.2) is 41.3 Å². The number of aromatic nitrogens is 4. The van der Waals surface area contributed by atoms with Crippen molar-refractivity contribution in [3.8, 4) is 5.75 Å². The number of likely N-dealkylation sites (tertiary alicyclic amines) is 2. The monoisotopic (exact) mass is 702 g/mol. The number of benzene rings is 2. The van der Waals surface area contributed by atoms with Crippen molar-refractivity contribution in [3.05, 3.63) is 53.2 Å². The number of aryl methyl sites for hydroxylation is 2. The van der Waals surface area contributed by atoms with Crippen LogP contribution in [0.4, 0.5) is 23.1 Å². The third kappa shape index (κ3) is 7.73. The van der Waals surface area contributed by atoms with Crippen molar-refractivity contribution >= 4 is 49.9 Å². The number of rotatable bonds is 11. The number of sulfone groups is 1. The zero-order valence-electron chi connectivity index (χ0n) is 30.0. The molecule has 0 atom stereocenters. The molecule has 4 aromatic rings. The van der Waals surface area contributed by atoms with Crippen molar-refractivity contribution in [2.75, 3.05) is 43.4 Å². The summed E-state index contributed by atoms with van der Waals surface area (Å²) in [6.07, 6.45) is 5.36. The Morgan fingerprint density at radius 3 is 2.38 bits per heavy atom. The first-order valence-corrected chi connectivity index (χ1v) is 19.4. The summed E-state index contributed by atoms with van der Waals surface area (Å²) in [6.45, 7) is 15.4. The van der Waals surface area contributed by atoms with Crippen molar-refractivity contribution in [3.63, 3.8) is 0 Å². The average molecular weight is 703 g/mol. The summed E-state index contributed by atoms with van der Waals surface area (Å²) in [5, 5.41) is 14.1. The van der Waals surface area contributed by atoms with Crippen LogP contribution in [-0.2, 0) is 14.6 Å². The van der Waals surface area contributed by atoms with Crippen LogP contribution in [0.25, 0.3) is 11.0 Å². The van der Waals surface area contributed by atoms with E-state index in [0.717, 1.165) is 56.0 Å². The number of hydrogen-bond acceptors (Lipinski definition) is 10. The van der Waals surface area contributed by atoms with Crippen molar-refractivity contribution in [2.45, 2.75) is 95.8 Å². The lowest BCUT2D eigenvalue weighted by molar-refractivity contribution is -0.133. The first-order valence-electron chi connectivity index (χ1n) is 17.8. The number of hydrogen-bond donors (Lipinski definition) is 3. The van der Waals surface area contributed by atoms with E-state index >= 15 is 0 Å². The number of amides is 1. The van der Waals surface area contributed by atoms with Crippen molar-refractivity contribution in [1.29, 1.82) is 0 Å². The van der Waals surface area contributed by atoms with Gasteiger partial charge in [0.15, 0.2) is 15.5 Å². The number of nitrogens with one attached hydrogen (secondary N) is 3. The molecule has 3 N–H and O–H groups in total. The molecule has 0 spiro atoms. The van der Waals surface area contributed by atoms with Gasteiger partial charge in [0.25, 0.3) is 0 Å². The zero-order chi connectivity index (χ0) is 35.6. The number of ether oxygens (including phenoxy) is 1. The zero-order valence-corrected chi connectivity index (χ0v) is 30.9. The van der Waals surface area contributed by atoms with Crippen LogP contribution < -0.4 is 15.4 Å². The smallest absolute Gasteiger partial charge is 0.236 e. The number of carbonyl (C=O) groups is 1. The normalized spacial score (nSPS) is 16.4. The van der Waals surface area contributed by atoms with E-state index in [0.29, 0.717) is 40.8 Å². The molecule has 0 saturated carbocycles. The highest BCUT2D eigenvalue weighted by Crippen LogP contribution is 2.39. The molecule has 2 fully saturated rings. The summed E-state index contributed by atoms with van der Waals surface area (Å²) >= 11 is 0. The summed E-state index contributed by atoms with van der Waals surface area (Å²) in [7, 11) is -3.57. The van der Waals surface area contributed by atoms with Crippen LogP contribution in [0, 0.1) is 13.8 Å². The number of nitrogens with zero attached hydrogens (tertiary/aromatic N) is 5. The van der Waals surface area contributed by atoms with Crippen LogP contribution in [0.2, 0.25) is 0 Å². The predicted octanol–water partition coefficient (Wildman–Crippen LogP) is 6.62. The number of aromatic amines is 1. The fourth-order valence-corrected chi connectivity index (χ4v) is 8.18. The predicted molar refractivity (Wildman–Crippen MR) is 198 cm³/mol. The molecule has 0 unspecified atom stereocenters. The number of piperidine rings is 2. The maximum absolute atomic E-state index is 13.2. The number of fused-ring (bicyclic) bond motifs is 1. The topological polar surface area (TPSA) is 145 Å². The van der Waals surface area contributed by atoms with Gasteiger partial charge in [0.1, 0.15) is 11.6 Å². The van der Waals surface area contributed by atoms with E-state index in [1.165, 1.54) is 24.8 Å². The highest BCUT2D eigenvalue weighted by atomic mass is 32.2. The van der Waals surface area contributed by atoms with E-state index in [4.69, 9.17) is 14.7 Å². The molecule has 2 aliphatic rings. The molecule has 2 saturated heterocycles. The molecule has 50 heavy (non-hydrogen) atoms. The lowest BCUT2D eigenvalue weighted by atomic mass is 9.86. The van der Waals surface area contributed by atoms with Gasteiger partial charge in [0.2, 0.25) is 11.9 Å². The van der Waals surface area contributed by atoms with Crippen LogP contribution >= 0.6 is 0 Å². The minimum absolute atomic E-state index is 0.0746. The summed E-state index contributed by atoms with van der Waals surface area (Å²) in [5.41, 5.74) is 4.67. The fourth-order valence-electron chi connectivity index (χ4n) is 6.98. The molecule has 2 aliphatic heterocycles. The average Bonchev–Trinajstić information content (AvgIpc) is 3.46. The molecule has 1 amide bonds. The van der Waals surface area contributed by atoms with Crippen LogP contribution in [-0.4, -0.2) is 88.4 Å². The van der Waals surface area contributed by atoms with Crippen LogP contribution in [0.5, 0.6) is 5.75 Å². The van der Waals surface area contributed by atoms with Gasteiger partial charge < -0.3 is 20.3 Å². The standard InChI is InChI=1S/C37H50N8O4S/c1-23(2)49-31-21-28(27-14-18-45(19-15-27)33(46)22-44-16-10-7-11-17-44)25(5)20-30(31)39-37-40-35(34-26(6)42-43-36(34)41-37)38-29-12-8-9-13-32(29)50(47,48)24(3)4/h8-9,12-13,20-21,23-24,27H,7,10-11,14-19,22H2,1-6H3,(H3,38,39,40,41,42,43). The molecule has 2 aromatic heterocycles. The summed E-state index contributed by atoms with van der Waals surface area (Å²) in [5.74, 6) is 1.96. The Bertz CT molecular complexity index is 1940. The summed E-state index contributed by atoms with van der Waals surface area (Å²) in [6, 6.07) is 11.0. The quantitative estimate of drug-likeness (QED) is 0.156. The Balaban J connectivity index is 1.25. The lowest BCUT2D eigenvalue weighted by Gasteiger charge is -2.35. The van der Waals surface area contributed by atoms with Gasteiger partial charge in [-0.05, 0) is 122 Å². The molecule has 13 heteroatoms. The second-order valence-electron chi connectivity index (χ2n) is 14.1. The molecule has 0 bridgehead atoms. The molecule has 4 heterocycles. The highest BCUT2D eigenvalue weighted by molar-refractivity contribution is 7.92. The second-order valence-corrected chi connectivity index (χ2v) is 16.6. The highest BCUT2D eigenvalue weighted by Gasteiger charge is 2.28. The Labute approximate surface area is 295 Å². The third-order valence-corrected chi connectivity index (χ3v) is 11.9. The van der Waals surface area contributed by atoms with E-state index < -0.39 is 15.1 Å². The Hall–Kier alpha value is -4.23. The molecular weight excluding hydrogens is 653 g/mol. The maximum atomic E-state index is 13.2. The number of H-pyrrole nitrogens is 1.